The predicted octanol–water partition coefficient (Wildman–Crippen LogP) is 13.2. The van der Waals surface area contributed by atoms with Crippen LogP contribution in [0.1, 0.15) is 74.6 Å². The Morgan fingerprint density at radius 2 is 1.55 bits per heavy atom. The number of benzene rings is 5. The van der Waals surface area contributed by atoms with E-state index in [1.165, 1.54) is 119 Å². The molecule has 1 aliphatic carbocycles. The lowest BCUT2D eigenvalue weighted by molar-refractivity contribution is -0.766. The van der Waals surface area contributed by atoms with Gasteiger partial charge in [-0.25, -0.2) is 0 Å². The third-order valence-electron chi connectivity index (χ3n) is 15.8. The van der Waals surface area contributed by atoms with E-state index in [4.69, 9.17) is 11.0 Å². The van der Waals surface area contributed by atoms with Gasteiger partial charge >= 0.3 is 0 Å². The molecule has 0 bridgehead atoms. The van der Waals surface area contributed by atoms with Crippen molar-refractivity contribution in [1.82, 2.24) is 4.40 Å². The van der Waals surface area contributed by atoms with Crippen LogP contribution in [0.4, 0.5) is 0 Å². The van der Waals surface area contributed by atoms with E-state index in [2.05, 4.69) is 162 Å². The molecule has 1 saturated carbocycles. The largest absolute Gasteiger partial charge is 0.455 e. The van der Waals surface area contributed by atoms with E-state index >= 15 is 0 Å². The maximum atomic E-state index is 7.26. The molecule has 4 nitrogen and oxygen atoms in total. The standard InChI is InChI=1S/C56H49N3O/c1-34-23-24-48-44-30-45-50(31-46(44)55(3)26-25-37-16-7-8-18-39(37)47-21-11-12-27-57(47)35(2)32-56(55,4)58(48)33-34)59-49-22-10-9-19-40(49)42-29-43-41-20-13-17-38(28-36-14-5-6-15-36)53(41)60-54(43)51(45)52(42)59/h7-13,16-24,27,29-31,33,36H,2,5-6,14-15,25-26,28,32H2,1,3-4H3/q+2. The quantitative estimate of drug-likeness (QED) is 0.160. The molecule has 0 N–H and O–H groups in total. The van der Waals surface area contributed by atoms with E-state index < -0.39 is 0 Å². The second kappa shape index (κ2) is 12.2. The Hall–Kier alpha value is -6.26. The lowest BCUT2D eigenvalue weighted by Gasteiger charge is -2.47. The molecule has 5 aromatic carbocycles. The highest BCUT2D eigenvalue weighted by Gasteiger charge is 2.59. The van der Waals surface area contributed by atoms with Gasteiger partial charge in [0.25, 0.3) is 0 Å². The zero-order valence-electron chi connectivity index (χ0n) is 34.8. The molecule has 10 aromatic rings. The first-order valence-corrected chi connectivity index (χ1v) is 22.2. The SMILES string of the molecule is C=C1CC2(C)[n+]3cc(C)ccc3-c3cc4c5c6oc7c(CC8CCCC8)cccc7c6cc6c7ccccc7n(c4cc3C2(C)CCc2ccccc2-c2cccc[n+]21)c65. The van der Waals surface area contributed by atoms with E-state index in [1.807, 2.05) is 0 Å². The van der Waals surface area contributed by atoms with Gasteiger partial charge in [0.2, 0.25) is 11.4 Å². The van der Waals surface area contributed by atoms with Gasteiger partial charge in [0.1, 0.15) is 11.2 Å². The lowest BCUT2D eigenvalue weighted by Crippen LogP contribution is -2.68. The van der Waals surface area contributed by atoms with Crippen molar-refractivity contribution in [2.75, 3.05) is 0 Å². The molecule has 292 valence electrons. The Balaban J connectivity index is 1.13. The van der Waals surface area contributed by atoms with Crippen LogP contribution in [0.3, 0.4) is 0 Å². The molecule has 0 saturated heterocycles. The molecule has 2 atom stereocenters. The minimum atomic E-state index is -0.333. The summed E-state index contributed by atoms with van der Waals surface area (Å²) < 4.78 is 14.8. The fourth-order valence-electron chi connectivity index (χ4n) is 12.5. The minimum absolute atomic E-state index is 0.271. The van der Waals surface area contributed by atoms with Gasteiger partial charge in [-0.3, -0.25) is 0 Å². The average Bonchev–Trinajstić information content (AvgIpc) is 4.06. The highest BCUT2D eigenvalue weighted by atomic mass is 16.3. The molecule has 5 aromatic heterocycles. The Morgan fingerprint density at radius 1 is 0.733 bits per heavy atom. The molecule has 0 spiro atoms. The third kappa shape index (κ3) is 4.46. The van der Waals surface area contributed by atoms with Crippen LogP contribution in [0.25, 0.3) is 88.2 Å². The molecular formula is C56H49N3O+2. The number of fused-ring (bicyclic) bond motifs is 19. The number of hydrogen-bond donors (Lipinski definition) is 0. The third-order valence-corrected chi connectivity index (χ3v) is 15.8. The molecule has 13 rings (SSSR count). The number of furan rings is 1. The first kappa shape index (κ1) is 34.6. The Morgan fingerprint density at radius 3 is 2.45 bits per heavy atom. The zero-order valence-corrected chi connectivity index (χ0v) is 34.8. The zero-order chi connectivity index (χ0) is 40.1. The summed E-state index contributed by atoms with van der Waals surface area (Å²) in [6.07, 6.45) is 13.8. The van der Waals surface area contributed by atoms with Crippen LogP contribution < -0.4 is 9.13 Å². The monoisotopic (exact) mass is 779 g/mol. The van der Waals surface area contributed by atoms with Crippen molar-refractivity contribution in [2.45, 2.75) is 83.1 Å². The Bertz CT molecular complexity index is 3470. The van der Waals surface area contributed by atoms with Gasteiger partial charge < -0.3 is 8.82 Å². The number of allylic oxidation sites excluding steroid dienone is 1. The molecule has 2 unspecified atom stereocenters. The molecule has 2 aliphatic heterocycles. The molecule has 60 heavy (non-hydrogen) atoms. The normalized spacial score (nSPS) is 20.6. The molecule has 1 fully saturated rings. The minimum Gasteiger partial charge on any atom is -0.455 e. The van der Waals surface area contributed by atoms with E-state index in [1.54, 1.807) is 0 Å². The molecule has 0 amide bonds. The van der Waals surface area contributed by atoms with Crippen LogP contribution in [0.15, 0.2) is 139 Å². The van der Waals surface area contributed by atoms with Gasteiger partial charge in [0.15, 0.2) is 23.6 Å². The number of pyridine rings is 2. The van der Waals surface area contributed by atoms with Crippen LogP contribution in [0, 0.1) is 12.8 Å². The number of hydrogen-bond acceptors (Lipinski definition) is 1. The number of nitrogens with zero attached hydrogens (tertiary/aromatic N) is 3. The van der Waals surface area contributed by atoms with Gasteiger partial charge in [0.05, 0.1) is 39.3 Å². The molecule has 3 aliphatic rings. The smallest absolute Gasteiger partial charge is 0.218 e. The van der Waals surface area contributed by atoms with Crippen LogP contribution in [0.2, 0.25) is 0 Å². The van der Waals surface area contributed by atoms with Crippen molar-refractivity contribution >= 4 is 65.7 Å². The Kier molecular flexibility index (Phi) is 7.01. The summed E-state index contributed by atoms with van der Waals surface area (Å²) in [5.41, 5.74) is 16.9. The number of aromatic nitrogens is 3. The second-order valence-electron chi connectivity index (χ2n) is 19.0. The summed E-state index contributed by atoms with van der Waals surface area (Å²) in [5.74, 6) is 0.743. The lowest BCUT2D eigenvalue weighted by atomic mass is 9.59. The highest BCUT2D eigenvalue weighted by molar-refractivity contribution is 6.33. The van der Waals surface area contributed by atoms with Crippen LogP contribution in [-0.2, 0) is 23.8 Å². The highest BCUT2D eigenvalue weighted by Crippen LogP contribution is 2.55. The number of para-hydroxylation sites is 2. The van der Waals surface area contributed by atoms with E-state index in [-0.39, 0.29) is 11.0 Å². The Labute approximate surface area is 350 Å². The maximum Gasteiger partial charge on any atom is 0.218 e. The molecule has 0 radical (unpaired) electrons. The van der Waals surface area contributed by atoms with E-state index in [0.29, 0.717) is 0 Å². The summed E-state index contributed by atoms with van der Waals surface area (Å²) in [4.78, 5) is 0. The van der Waals surface area contributed by atoms with Gasteiger partial charge in [-0.1, -0.05) is 80.3 Å². The van der Waals surface area contributed by atoms with Crippen molar-refractivity contribution in [2.24, 2.45) is 5.92 Å². The van der Waals surface area contributed by atoms with E-state index in [9.17, 15) is 0 Å². The maximum absolute atomic E-state index is 7.26. The van der Waals surface area contributed by atoms with Crippen LogP contribution in [-0.4, -0.2) is 4.40 Å². The number of aryl methyl sites for hydroxylation is 2. The molecular weight excluding hydrogens is 731 g/mol. The van der Waals surface area contributed by atoms with Gasteiger partial charge in [-0.2, -0.15) is 9.13 Å². The van der Waals surface area contributed by atoms with Gasteiger partial charge in [-0.15, -0.1) is 0 Å². The molecule has 7 heterocycles. The van der Waals surface area contributed by atoms with E-state index in [0.717, 1.165) is 48.5 Å². The first-order chi connectivity index (χ1) is 29.3. The summed E-state index contributed by atoms with van der Waals surface area (Å²) in [6.45, 7) is 12.2. The summed E-state index contributed by atoms with van der Waals surface area (Å²) in [7, 11) is 0. The van der Waals surface area contributed by atoms with Gasteiger partial charge in [0, 0.05) is 63.2 Å². The summed E-state index contributed by atoms with van der Waals surface area (Å²) in [5, 5.41) is 7.56. The molecule has 4 heteroatoms. The summed E-state index contributed by atoms with van der Waals surface area (Å²) in [6, 6.07) is 43.7. The fraction of sp³-hybridized carbons (Fsp3) is 0.250. The fourth-order valence-corrected chi connectivity index (χ4v) is 12.5. The van der Waals surface area contributed by atoms with Crippen molar-refractivity contribution in [3.05, 3.63) is 156 Å². The van der Waals surface area contributed by atoms with Crippen molar-refractivity contribution in [1.29, 1.82) is 0 Å². The average molecular weight is 780 g/mol. The predicted molar refractivity (Wildman–Crippen MR) is 246 cm³/mol. The van der Waals surface area contributed by atoms with Crippen LogP contribution in [0.5, 0.6) is 0 Å². The van der Waals surface area contributed by atoms with Crippen molar-refractivity contribution in [3.8, 4) is 22.5 Å². The first-order valence-electron chi connectivity index (χ1n) is 22.2. The van der Waals surface area contributed by atoms with Gasteiger partial charge in [-0.05, 0) is 105 Å². The van der Waals surface area contributed by atoms with Crippen LogP contribution >= 0.6 is 0 Å². The number of rotatable bonds is 2. The van der Waals surface area contributed by atoms with Crippen molar-refractivity contribution < 1.29 is 13.6 Å². The second-order valence-corrected chi connectivity index (χ2v) is 19.0. The summed E-state index contributed by atoms with van der Waals surface area (Å²) >= 11 is 0. The topological polar surface area (TPSA) is 25.3 Å². The van der Waals surface area contributed by atoms with Crippen molar-refractivity contribution in [3.63, 3.8) is 0 Å².